The molecule has 0 aliphatic rings. The zero-order chi connectivity index (χ0) is 28.0. The van der Waals surface area contributed by atoms with Crippen LogP contribution in [0.25, 0.3) is 11.6 Å². The average Bonchev–Trinajstić information content (AvgIpc) is 2.93. The molecule has 0 saturated carbocycles. The molecule has 0 unspecified atom stereocenters. The van der Waals surface area contributed by atoms with Gasteiger partial charge in [-0.2, -0.15) is 4.98 Å². The number of methoxy groups -OCH3 is 1. The van der Waals surface area contributed by atoms with Crippen LogP contribution >= 0.6 is 0 Å². The molecule has 13 heteroatoms. The van der Waals surface area contributed by atoms with E-state index in [4.69, 9.17) is 14.2 Å². The molecule has 0 amide bonds. The number of anilines is 1. The van der Waals surface area contributed by atoms with E-state index in [2.05, 4.69) is 24.7 Å². The molecule has 0 aliphatic carbocycles. The molecule has 0 saturated heterocycles. The minimum absolute atomic E-state index is 0. The molecule has 11 nitrogen and oxygen atoms in total. The van der Waals surface area contributed by atoms with E-state index in [1.807, 2.05) is 20.8 Å². The first-order valence-corrected chi connectivity index (χ1v) is 13.5. The summed E-state index contributed by atoms with van der Waals surface area (Å²) in [5, 5.41) is 11.3. The van der Waals surface area contributed by atoms with Crippen LogP contribution in [-0.2, 0) is 15.4 Å². The predicted molar refractivity (Wildman–Crippen MR) is 142 cm³/mol. The van der Waals surface area contributed by atoms with Crippen LogP contribution in [0.1, 0.15) is 26.3 Å². The average molecular weight is 574 g/mol. The van der Waals surface area contributed by atoms with Crippen molar-refractivity contribution in [3.05, 3.63) is 72.6 Å². The van der Waals surface area contributed by atoms with Gasteiger partial charge in [0.15, 0.2) is 23.1 Å². The normalized spacial score (nSPS) is 11.3. The van der Waals surface area contributed by atoms with Gasteiger partial charge in [0.05, 0.1) is 18.6 Å². The molecular formula is C27H28N5NaO6S. The van der Waals surface area contributed by atoms with Gasteiger partial charge in [-0.05, 0) is 41.3 Å². The third-order valence-corrected chi connectivity index (χ3v) is 6.82. The Balaban J connectivity index is 0.00000441. The van der Waals surface area contributed by atoms with Crippen molar-refractivity contribution in [2.45, 2.75) is 31.1 Å². The van der Waals surface area contributed by atoms with Gasteiger partial charge in [0.1, 0.15) is 0 Å². The molecule has 40 heavy (non-hydrogen) atoms. The number of nitrogens with one attached hydrogen (secondary N) is 1. The Morgan fingerprint density at radius 1 is 0.900 bits per heavy atom. The van der Waals surface area contributed by atoms with Gasteiger partial charge in [0, 0.05) is 12.4 Å². The number of rotatable bonds is 10. The van der Waals surface area contributed by atoms with Crippen LogP contribution in [-0.4, -0.2) is 48.7 Å². The Kier molecular flexibility index (Phi) is 10.4. The number of hydrogen-bond acceptors (Lipinski definition) is 10. The van der Waals surface area contributed by atoms with Crippen LogP contribution in [0.15, 0.2) is 71.9 Å². The molecule has 0 radical (unpaired) electrons. The smallest absolute Gasteiger partial charge is 0.852 e. The molecule has 2 heterocycles. The summed E-state index contributed by atoms with van der Waals surface area (Å²) in [6, 6.07) is 14.9. The Morgan fingerprint density at radius 3 is 2.15 bits per heavy atom. The van der Waals surface area contributed by atoms with Gasteiger partial charge >= 0.3 is 29.6 Å². The van der Waals surface area contributed by atoms with Crippen molar-refractivity contribution < 1.29 is 57.3 Å². The Morgan fingerprint density at radius 2 is 1.55 bits per heavy atom. The van der Waals surface area contributed by atoms with Gasteiger partial charge in [0.2, 0.25) is 11.6 Å². The molecular weight excluding hydrogens is 545 g/mol. The zero-order valence-electron chi connectivity index (χ0n) is 22.9. The second kappa shape index (κ2) is 13.4. The standard InChI is InChI=1S/C27H28N5O6S.Na/c1-27(2,3)18-10-12-19(13-11-18)39(34,35)32-23-22(38-21-9-6-5-8-20(21)36-4)26(37-17-16-33)31-25(30-23)24-28-14-7-15-29-24;/h5-15H,16-17H2,1-4H3,(H,30,31,32);/q-1;+1. The summed E-state index contributed by atoms with van der Waals surface area (Å²) in [4.78, 5) is 17.0. The van der Waals surface area contributed by atoms with Crippen molar-refractivity contribution >= 4 is 15.8 Å². The number of sulfonamides is 1. The minimum atomic E-state index is -4.15. The van der Waals surface area contributed by atoms with Crippen molar-refractivity contribution in [3.8, 4) is 34.8 Å². The van der Waals surface area contributed by atoms with Crippen LogP contribution < -0.4 is 53.6 Å². The summed E-state index contributed by atoms with van der Waals surface area (Å²) >= 11 is 0. The predicted octanol–water partition coefficient (Wildman–Crippen LogP) is 0.576. The van der Waals surface area contributed by atoms with Crippen molar-refractivity contribution in [2.75, 3.05) is 25.0 Å². The van der Waals surface area contributed by atoms with Crippen molar-refractivity contribution in [1.29, 1.82) is 0 Å². The Bertz CT molecular complexity index is 1530. The number of benzene rings is 2. The molecule has 0 aliphatic heterocycles. The minimum Gasteiger partial charge on any atom is -0.852 e. The van der Waals surface area contributed by atoms with Gasteiger partial charge in [-0.1, -0.05) is 45.0 Å². The summed E-state index contributed by atoms with van der Waals surface area (Å²) in [7, 11) is -2.69. The van der Waals surface area contributed by atoms with Crippen molar-refractivity contribution in [3.63, 3.8) is 0 Å². The first kappa shape index (κ1) is 31.2. The van der Waals surface area contributed by atoms with Gasteiger partial charge in [-0.25, -0.2) is 23.4 Å². The van der Waals surface area contributed by atoms with Crippen LogP contribution in [0.2, 0.25) is 0 Å². The van der Waals surface area contributed by atoms with Gasteiger partial charge in [0.25, 0.3) is 15.9 Å². The van der Waals surface area contributed by atoms with E-state index in [0.29, 0.717) is 5.75 Å². The second-order valence-electron chi connectivity index (χ2n) is 9.29. The molecule has 0 fully saturated rings. The molecule has 0 atom stereocenters. The number of para-hydroxylation sites is 2. The Labute approximate surface area is 255 Å². The van der Waals surface area contributed by atoms with Crippen LogP contribution in [0.4, 0.5) is 5.82 Å². The first-order valence-electron chi connectivity index (χ1n) is 12.0. The fourth-order valence-electron chi connectivity index (χ4n) is 3.48. The van der Waals surface area contributed by atoms with E-state index in [0.717, 1.165) is 5.56 Å². The molecule has 0 bridgehead atoms. The fraction of sp³-hybridized carbons (Fsp3) is 0.259. The topological polar surface area (TPSA) is 148 Å². The maximum Gasteiger partial charge on any atom is 1.00 e. The van der Waals surface area contributed by atoms with Crippen molar-refractivity contribution in [2.24, 2.45) is 0 Å². The molecule has 0 spiro atoms. The SMILES string of the molecule is COc1ccccc1Oc1c(NS(=O)(=O)c2ccc(C(C)(C)C)cc2)nc(-c2ncccn2)nc1OCC[O-].[Na+]. The second-order valence-corrected chi connectivity index (χ2v) is 11.0. The van der Waals surface area contributed by atoms with Crippen molar-refractivity contribution in [1.82, 2.24) is 19.9 Å². The number of aromatic nitrogens is 4. The molecule has 204 valence electrons. The number of ether oxygens (including phenoxy) is 3. The first-order chi connectivity index (χ1) is 18.6. The van der Waals surface area contributed by atoms with E-state index in [1.54, 1.807) is 42.5 Å². The molecule has 2 aromatic carbocycles. The number of hydrogen-bond donors (Lipinski definition) is 1. The molecule has 1 N–H and O–H groups in total. The molecule has 4 rings (SSSR count). The summed E-state index contributed by atoms with van der Waals surface area (Å²) < 4.78 is 46.5. The van der Waals surface area contributed by atoms with Gasteiger partial charge in [-0.3, -0.25) is 4.72 Å². The van der Waals surface area contributed by atoms with E-state index in [-0.39, 0.29) is 81.3 Å². The summed E-state index contributed by atoms with van der Waals surface area (Å²) in [6.07, 6.45) is 2.98. The van der Waals surface area contributed by atoms with Crippen LogP contribution in [0, 0.1) is 0 Å². The molecule has 2 aromatic heterocycles. The van der Waals surface area contributed by atoms with Crippen LogP contribution in [0.3, 0.4) is 0 Å². The number of nitrogens with zero attached hydrogens (tertiary/aromatic N) is 4. The van der Waals surface area contributed by atoms with E-state index < -0.39 is 16.6 Å². The summed E-state index contributed by atoms with van der Waals surface area (Å²) in [6.45, 7) is 5.28. The van der Waals surface area contributed by atoms with E-state index in [9.17, 15) is 13.5 Å². The molecule has 4 aromatic rings. The Hall–Kier alpha value is -3.29. The van der Waals surface area contributed by atoms with Gasteiger partial charge in [-0.15, -0.1) is 6.61 Å². The monoisotopic (exact) mass is 573 g/mol. The zero-order valence-corrected chi connectivity index (χ0v) is 25.7. The van der Waals surface area contributed by atoms with Gasteiger partial charge < -0.3 is 19.3 Å². The quantitative estimate of drug-likeness (QED) is 0.267. The van der Waals surface area contributed by atoms with E-state index in [1.165, 1.54) is 31.6 Å². The van der Waals surface area contributed by atoms with Crippen LogP contribution in [0.5, 0.6) is 23.1 Å². The summed E-state index contributed by atoms with van der Waals surface area (Å²) in [5.41, 5.74) is 0.816. The third-order valence-electron chi connectivity index (χ3n) is 5.47. The maximum absolute atomic E-state index is 13.5. The third kappa shape index (κ3) is 7.46. The largest absolute Gasteiger partial charge is 1.00 e. The maximum atomic E-state index is 13.5. The van der Waals surface area contributed by atoms with E-state index >= 15 is 0 Å². The fourth-order valence-corrected chi connectivity index (χ4v) is 4.48. The summed E-state index contributed by atoms with van der Waals surface area (Å²) in [5.74, 6) is 0.119.